The van der Waals surface area contributed by atoms with Gasteiger partial charge in [-0.1, -0.05) is 19.4 Å². The van der Waals surface area contributed by atoms with Crippen molar-refractivity contribution in [3.63, 3.8) is 0 Å². The Labute approximate surface area is 99.5 Å². The molecule has 1 atom stereocenters. The first kappa shape index (κ1) is 11.9. The number of hydrogen-bond acceptors (Lipinski definition) is 3. The summed E-state index contributed by atoms with van der Waals surface area (Å²) >= 11 is 0. The van der Waals surface area contributed by atoms with E-state index in [1.807, 2.05) is 18.2 Å². The van der Waals surface area contributed by atoms with Crippen LogP contribution in [0, 0.1) is 5.92 Å². The lowest BCUT2D eigenvalue weighted by Crippen LogP contribution is -2.09. The minimum absolute atomic E-state index is 0.193. The van der Waals surface area contributed by atoms with Crippen LogP contribution in [0.3, 0.4) is 0 Å². The van der Waals surface area contributed by atoms with E-state index in [0.29, 0.717) is 5.58 Å². The lowest BCUT2D eigenvalue weighted by atomic mass is 9.97. The van der Waals surface area contributed by atoms with Crippen LogP contribution in [-0.2, 0) is 13.5 Å². The third-order valence-electron chi connectivity index (χ3n) is 3.22. The van der Waals surface area contributed by atoms with Crippen molar-refractivity contribution < 1.29 is 9.52 Å². The van der Waals surface area contributed by atoms with E-state index in [1.54, 1.807) is 7.05 Å². The summed E-state index contributed by atoms with van der Waals surface area (Å²) < 4.78 is 6.57. The molecule has 1 heterocycles. The molecule has 92 valence electrons. The molecule has 17 heavy (non-hydrogen) atoms. The monoisotopic (exact) mass is 235 g/mol. The van der Waals surface area contributed by atoms with Crippen molar-refractivity contribution in [3.05, 3.63) is 34.3 Å². The smallest absolute Gasteiger partial charge is 0.408 e. The number of fused-ring (bicyclic) bond motifs is 1. The Hall–Kier alpha value is -1.55. The van der Waals surface area contributed by atoms with Gasteiger partial charge in [0, 0.05) is 13.7 Å². The lowest BCUT2D eigenvalue weighted by molar-refractivity contribution is 0.222. The van der Waals surface area contributed by atoms with Crippen LogP contribution >= 0.6 is 0 Å². The summed E-state index contributed by atoms with van der Waals surface area (Å²) in [5.41, 5.74) is 2.54. The van der Waals surface area contributed by atoms with Crippen molar-refractivity contribution in [1.29, 1.82) is 0 Å². The Morgan fingerprint density at radius 3 is 2.88 bits per heavy atom. The molecule has 0 saturated heterocycles. The van der Waals surface area contributed by atoms with E-state index in [-0.39, 0.29) is 18.3 Å². The average molecular weight is 235 g/mol. The molecule has 0 amide bonds. The molecule has 0 radical (unpaired) electrons. The van der Waals surface area contributed by atoms with Crippen molar-refractivity contribution in [1.82, 2.24) is 4.57 Å². The molecular formula is C13H17NO3. The Balaban J connectivity index is 2.37. The van der Waals surface area contributed by atoms with E-state index in [1.165, 1.54) is 4.57 Å². The fourth-order valence-corrected chi connectivity index (χ4v) is 1.97. The number of aliphatic hydroxyl groups excluding tert-OH is 1. The maximum absolute atomic E-state index is 11.3. The molecule has 0 saturated carbocycles. The highest BCUT2D eigenvalue weighted by atomic mass is 16.4. The van der Waals surface area contributed by atoms with Gasteiger partial charge in [0.2, 0.25) is 0 Å². The maximum atomic E-state index is 11.3. The second kappa shape index (κ2) is 4.75. The molecule has 0 spiro atoms. The van der Waals surface area contributed by atoms with Crippen LogP contribution in [0.5, 0.6) is 0 Å². The highest BCUT2D eigenvalue weighted by molar-refractivity contribution is 5.73. The minimum atomic E-state index is -0.341. The van der Waals surface area contributed by atoms with Gasteiger partial charge in [-0.15, -0.1) is 0 Å². The Morgan fingerprint density at radius 1 is 1.47 bits per heavy atom. The molecule has 1 aromatic carbocycles. The standard InChI is InChI=1S/C13H17NO3/c1-3-9(8-15)6-10-4-5-12-11(7-10)14(2)13(16)17-12/h4-5,7,9,15H,3,6,8H2,1-2H3. The van der Waals surface area contributed by atoms with Crippen LogP contribution in [0.1, 0.15) is 18.9 Å². The average Bonchev–Trinajstić information content (AvgIpc) is 2.62. The topological polar surface area (TPSA) is 55.4 Å². The van der Waals surface area contributed by atoms with Crippen LogP contribution in [0.4, 0.5) is 0 Å². The van der Waals surface area contributed by atoms with Crippen molar-refractivity contribution >= 4 is 11.1 Å². The third-order valence-corrected chi connectivity index (χ3v) is 3.22. The Bertz CT molecular complexity index is 564. The summed E-state index contributed by atoms with van der Waals surface area (Å²) in [6.45, 7) is 2.26. The fourth-order valence-electron chi connectivity index (χ4n) is 1.97. The van der Waals surface area contributed by atoms with Crippen molar-refractivity contribution in [3.8, 4) is 0 Å². The molecule has 0 aliphatic carbocycles. The third kappa shape index (κ3) is 2.26. The number of rotatable bonds is 4. The van der Waals surface area contributed by atoms with Crippen molar-refractivity contribution in [2.24, 2.45) is 13.0 Å². The maximum Gasteiger partial charge on any atom is 0.419 e. The van der Waals surface area contributed by atoms with E-state index < -0.39 is 0 Å². The van der Waals surface area contributed by atoms with Gasteiger partial charge in [-0.2, -0.15) is 0 Å². The highest BCUT2D eigenvalue weighted by Crippen LogP contribution is 2.18. The molecule has 2 aromatic rings. The van der Waals surface area contributed by atoms with Crippen LogP contribution in [0.25, 0.3) is 11.1 Å². The molecule has 4 nitrogen and oxygen atoms in total. The summed E-state index contributed by atoms with van der Waals surface area (Å²) in [6, 6.07) is 5.72. The summed E-state index contributed by atoms with van der Waals surface area (Å²) in [4.78, 5) is 11.3. The molecule has 1 N–H and O–H groups in total. The van der Waals surface area contributed by atoms with Gasteiger partial charge < -0.3 is 9.52 Å². The van der Waals surface area contributed by atoms with Gasteiger partial charge >= 0.3 is 5.76 Å². The molecular weight excluding hydrogens is 218 g/mol. The quantitative estimate of drug-likeness (QED) is 0.877. The number of nitrogens with zero attached hydrogens (tertiary/aromatic N) is 1. The SMILES string of the molecule is CCC(CO)Cc1ccc2oc(=O)n(C)c2c1. The summed E-state index contributed by atoms with van der Waals surface area (Å²) in [5, 5.41) is 9.19. The largest absolute Gasteiger partial charge is 0.419 e. The van der Waals surface area contributed by atoms with E-state index >= 15 is 0 Å². The van der Waals surface area contributed by atoms with E-state index in [4.69, 9.17) is 4.42 Å². The molecule has 0 bridgehead atoms. The molecule has 1 aromatic heterocycles. The van der Waals surface area contributed by atoms with Gasteiger partial charge in [0.25, 0.3) is 0 Å². The van der Waals surface area contributed by atoms with Gasteiger partial charge in [-0.3, -0.25) is 4.57 Å². The van der Waals surface area contributed by atoms with E-state index in [9.17, 15) is 9.90 Å². The van der Waals surface area contributed by atoms with E-state index in [2.05, 4.69) is 6.92 Å². The highest BCUT2D eigenvalue weighted by Gasteiger charge is 2.09. The molecule has 2 rings (SSSR count). The van der Waals surface area contributed by atoms with Crippen molar-refractivity contribution in [2.75, 3.05) is 6.61 Å². The van der Waals surface area contributed by atoms with Gasteiger partial charge in [-0.05, 0) is 30.0 Å². The van der Waals surface area contributed by atoms with Crippen molar-refractivity contribution in [2.45, 2.75) is 19.8 Å². The summed E-state index contributed by atoms with van der Waals surface area (Å²) in [5.74, 6) is -0.0669. The fraction of sp³-hybridized carbons (Fsp3) is 0.462. The van der Waals surface area contributed by atoms with Crippen LogP contribution < -0.4 is 5.76 Å². The van der Waals surface area contributed by atoms with Gasteiger partial charge in [0.15, 0.2) is 5.58 Å². The first-order valence-corrected chi connectivity index (χ1v) is 5.85. The molecule has 1 unspecified atom stereocenters. The lowest BCUT2D eigenvalue weighted by Gasteiger charge is -2.11. The van der Waals surface area contributed by atoms with Crippen LogP contribution in [-0.4, -0.2) is 16.3 Å². The number of oxazole rings is 1. The molecule has 0 fully saturated rings. The number of aromatic nitrogens is 1. The summed E-state index contributed by atoms with van der Waals surface area (Å²) in [7, 11) is 1.70. The predicted octanol–water partition coefficient (Wildman–Crippen LogP) is 1.69. The molecule has 0 aliphatic rings. The zero-order valence-electron chi connectivity index (χ0n) is 10.1. The minimum Gasteiger partial charge on any atom is -0.408 e. The second-order valence-corrected chi connectivity index (χ2v) is 4.39. The first-order chi connectivity index (χ1) is 8.15. The number of aliphatic hydroxyl groups is 1. The second-order valence-electron chi connectivity index (χ2n) is 4.39. The zero-order chi connectivity index (χ0) is 12.4. The van der Waals surface area contributed by atoms with Crippen LogP contribution in [0.2, 0.25) is 0 Å². The van der Waals surface area contributed by atoms with Gasteiger partial charge in [0.1, 0.15) is 0 Å². The van der Waals surface area contributed by atoms with Crippen LogP contribution in [0.15, 0.2) is 27.4 Å². The summed E-state index contributed by atoms with van der Waals surface area (Å²) in [6.07, 6.45) is 1.77. The van der Waals surface area contributed by atoms with Gasteiger partial charge in [-0.25, -0.2) is 4.79 Å². The zero-order valence-corrected chi connectivity index (χ0v) is 10.1. The normalized spacial score (nSPS) is 13.1. The number of hydrogen-bond donors (Lipinski definition) is 1. The predicted molar refractivity (Wildman–Crippen MR) is 66.0 cm³/mol. The van der Waals surface area contributed by atoms with Gasteiger partial charge in [0.05, 0.1) is 5.52 Å². The molecule has 4 heteroatoms. The Kier molecular flexibility index (Phi) is 3.33. The molecule has 0 aliphatic heterocycles. The first-order valence-electron chi connectivity index (χ1n) is 5.85. The van der Waals surface area contributed by atoms with E-state index in [0.717, 1.165) is 23.9 Å². The Morgan fingerprint density at radius 2 is 2.24 bits per heavy atom. The number of aryl methyl sites for hydroxylation is 1. The number of benzene rings is 1.